The zero-order chi connectivity index (χ0) is 13.8. The van der Waals surface area contributed by atoms with E-state index in [1.54, 1.807) is 24.3 Å². The molecule has 6 heteroatoms. The first-order chi connectivity index (χ1) is 9.08. The molecule has 0 aliphatic rings. The Labute approximate surface area is 115 Å². The number of carbonyl (C=O) groups is 1. The second kappa shape index (κ2) is 5.88. The standard InChI is InChI=1S/C13H11BClNO3/c15-12-7-6-9(14(18)19)8-11(12)13(17)16-10-4-2-1-3-5-10/h1-8,18-19H,(H,16,17). The third-order valence-corrected chi connectivity index (χ3v) is 2.89. The van der Waals surface area contributed by atoms with Gasteiger partial charge in [0.1, 0.15) is 0 Å². The lowest BCUT2D eigenvalue weighted by Gasteiger charge is -2.08. The SMILES string of the molecule is O=C(Nc1ccccc1)c1cc(B(O)O)ccc1Cl. The van der Waals surface area contributed by atoms with Crippen LogP contribution in [-0.4, -0.2) is 23.1 Å². The first-order valence-electron chi connectivity index (χ1n) is 5.60. The quantitative estimate of drug-likeness (QED) is 0.739. The Kier molecular flexibility index (Phi) is 4.22. The molecule has 2 aromatic rings. The lowest BCUT2D eigenvalue weighted by molar-refractivity contribution is 0.102. The molecule has 0 heterocycles. The number of anilines is 1. The van der Waals surface area contributed by atoms with Crippen LogP contribution in [0.5, 0.6) is 0 Å². The molecule has 0 unspecified atom stereocenters. The summed E-state index contributed by atoms with van der Waals surface area (Å²) in [6, 6.07) is 13.2. The van der Waals surface area contributed by atoms with E-state index in [0.717, 1.165) is 0 Å². The molecule has 0 aromatic heterocycles. The summed E-state index contributed by atoms with van der Waals surface area (Å²) in [6.45, 7) is 0. The molecule has 0 spiro atoms. The fraction of sp³-hybridized carbons (Fsp3) is 0. The molecular formula is C13H11BClNO3. The van der Waals surface area contributed by atoms with Gasteiger partial charge in [-0.2, -0.15) is 0 Å². The van der Waals surface area contributed by atoms with E-state index in [0.29, 0.717) is 5.69 Å². The maximum atomic E-state index is 12.1. The first kappa shape index (κ1) is 13.6. The number of carbonyl (C=O) groups excluding carboxylic acids is 1. The van der Waals surface area contributed by atoms with E-state index < -0.39 is 13.0 Å². The van der Waals surface area contributed by atoms with E-state index in [1.165, 1.54) is 18.2 Å². The van der Waals surface area contributed by atoms with E-state index in [4.69, 9.17) is 21.6 Å². The fourth-order valence-electron chi connectivity index (χ4n) is 1.60. The Morgan fingerprint density at radius 2 is 1.79 bits per heavy atom. The topological polar surface area (TPSA) is 69.6 Å². The van der Waals surface area contributed by atoms with Crippen molar-refractivity contribution in [2.45, 2.75) is 0 Å². The highest BCUT2D eigenvalue weighted by molar-refractivity contribution is 6.58. The lowest BCUT2D eigenvalue weighted by atomic mass is 9.79. The van der Waals surface area contributed by atoms with E-state index in [9.17, 15) is 4.79 Å². The van der Waals surface area contributed by atoms with Crippen LogP contribution in [0.2, 0.25) is 5.02 Å². The van der Waals surface area contributed by atoms with Gasteiger partial charge in [0, 0.05) is 5.69 Å². The van der Waals surface area contributed by atoms with Gasteiger partial charge in [-0.3, -0.25) is 4.79 Å². The van der Waals surface area contributed by atoms with Gasteiger partial charge in [-0.25, -0.2) is 0 Å². The van der Waals surface area contributed by atoms with Crippen molar-refractivity contribution in [3.8, 4) is 0 Å². The summed E-state index contributed by atoms with van der Waals surface area (Å²) in [5.74, 6) is -0.404. The third kappa shape index (κ3) is 3.35. The van der Waals surface area contributed by atoms with Crippen molar-refractivity contribution in [3.05, 3.63) is 59.1 Å². The minimum atomic E-state index is -1.64. The Hall–Kier alpha value is -1.82. The summed E-state index contributed by atoms with van der Waals surface area (Å²) < 4.78 is 0. The van der Waals surface area contributed by atoms with Gasteiger partial charge in [-0.05, 0) is 29.7 Å². The van der Waals surface area contributed by atoms with E-state index in [1.807, 2.05) is 6.07 Å². The summed E-state index contributed by atoms with van der Waals surface area (Å²) in [6.07, 6.45) is 0. The summed E-state index contributed by atoms with van der Waals surface area (Å²) >= 11 is 5.94. The van der Waals surface area contributed by atoms with Crippen LogP contribution in [0.25, 0.3) is 0 Å². The van der Waals surface area contributed by atoms with Crippen LogP contribution in [0, 0.1) is 0 Å². The number of hydrogen-bond acceptors (Lipinski definition) is 3. The van der Waals surface area contributed by atoms with Crippen LogP contribution in [-0.2, 0) is 0 Å². The third-order valence-electron chi connectivity index (χ3n) is 2.56. The first-order valence-corrected chi connectivity index (χ1v) is 5.97. The smallest absolute Gasteiger partial charge is 0.423 e. The zero-order valence-electron chi connectivity index (χ0n) is 9.88. The summed E-state index contributed by atoms with van der Waals surface area (Å²) in [5, 5.41) is 21.1. The molecule has 0 aliphatic carbocycles. The van der Waals surface area contributed by atoms with E-state index >= 15 is 0 Å². The van der Waals surface area contributed by atoms with Crippen LogP contribution >= 0.6 is 11.6 Å². The summed E-state index contributed by atoms with van der Waals surface area (Å²) in [5.41, 5.74) is 1.04. The van der Waals surface area contributed by atoms with Crippen LogP contribution in [0.3, 0.4) is 0 Å². The van der Waals surface area contributed by atoms with Gasteiger partial charge < -0.3 is 15.4 Å². The number of benzene rings is 2. The van der Waals surface area contributed by atoms with Crippen LogP contribution in [0.15, 0.2) is 48.5 Å². The highest BCUT2D eigenvalue weighted by atomic mass is 35.5. The van der Waals surface area contributed by atoms with Crippen LogP contribution in [0.1, 0.15) is 10.4 Å². The highest BCUT2D eigenvalue weighted by Crippen LogP contribution is 2.16. The maximum Gasteiger partial charge on any atom is 0.488 e. The van der Waals surface area contributed by atoms with E-state index in [-0.39, 0.29) is 16.0 Å². The highest BCUT2D eigenvalue weighted by Gasteiger charge is 2.16. The average molecular weight is 276 g/mol. The Morgan fingerprint density at radius 1 is 1.11 bits per heavy atom. The molecular weight excluding hydrogens is 264 g/mol. The lowest BCUT2D eigenvalue weighted by Crippen LogP contribution is -2.31. The number of para-hydroxylation sites is 1. The fourth-order valence-corrected chi connectivity index (χ4v) is 1.80. The second-order valence-corrected chi connectivity index (χ2v) is 4.34. The van der Waals surface area contributed by atoms with Crippen molar-refractivity contribution >= 4 is 35.8 Å². The van der Waals surface area contributed by atoms with Crippen molar-refractivity contribution in [2.75, 3.05) is 5.32 Å². The van der Waals surface area contributed by atoms with Crippen molar-refractivity contribution in [1.29, 1.82) is 0 Å². The van der Waals surface area contributed by atoms with Gasteiger partial charge in [-0.15, -0.1) is 0 Å². The number of amides is 1. The number of rotatable bonds is 3. The minimum Gasteiger partial charge on any atom is -0.423 e. The van der Waals surface area contributed by atoms with Crippen LogP contribution < -0.4 is 10.8 Å². The van der Waals surface area contributed by atoms with Gasteiger partial charge in [0.15, 0.2) is 0 Å². The predicted octanol–water partition coefficient (Wildman–Crippen LogP) is 1.27. The van der Waals surface area contributed by atoms with E-state index in [2.05, 4.69) is 5.32 Å². The minimum absolute atomic E-state index is 0.191. The molecule has 2 aromatic carbocycles. The molecule has 19 heavy (non-hydrogen) atoms. The summed E-state index contributed by atoms with van der Waals surface area (Å²) in [7, 11) is -1.64. The van der Waals surface area contributed by atoms with Gasteiger partial charge in [-0.1, -0.05) is 35.9 Å². The van der Waals surface area contributed by atoms with Crippen LogP contribution in [0.4, 0.5) is 5.69 Å². The molecule has 0 radical (unpaired) electrons. The van der Waals surface area contributed by atoms with Crippen molar-refractivity contribution < 1.29 is 14.8 Å². The molecule has 4 nitrogen and oxygen atoms in total. The Balaban J connectivity index is 2.26. The number of nitrogens with one attached hydrogen (secondary N) is 1. The predicted molar refractivity (Wildman–Crippen MR) is 75.7 cm³/mol. The molecule has 96 valence electrons. The monoisotopic (exact) mass is 275 g/mol. The molecule has 2 rings (SSSR count). The molecule has 1 amide bonds. The molecule has 0 bridgehead atoms. The van der Waals surface area contributed by atoms with Gasteiger partial charge in [0.2, 0.25) is 0 Å². The molecule has 0 fully saturated rings. The molecule has 0 saturated heterocycles. The molecule has 0 aliphatic heterocycles. The number of halogens is 1. The number of hydrogen-bond donors (Lipinski definition) is 3. The van der Waals surface area contributed by atoms with Crippen molar-refractivity contribution in [2.24, 2.45) is 0 Å². The molecule has 0 atom stereocenters. The normalized spacial score (nSPS) is 10.1. The maximum absolute atomic E-state index is 12.1. The van der Waals surface area contributed by atoms with Crippen molar-refractivity contribution in [3.63, 3.8) is 0 Å². The Bertz CT molecular complexity index is 590. The van der Waals surface area contributed by atoms with Gasteiger partial charge in [0.05, 0.1) is 10.6 Å². The second-order valence-electron chi connectivity index (χ2n) is 3.93. The zero-order valence-corrected chi connectivity index (χ0v) is 10.6. The average Bonchev–Trinajstić information content (AvgIpc) is 2.40. The Morgan fingerprint density at radius 3 is 2.42 bits per heavy atom. The van der Waals surface area contributed by atoms with Gasteiger partial charge >= 0.3 is 7.12 Å². The summed E-state index contributed by atoms with van der Waals surface area (Å²) in [4.78, 5) is 12.1. The largest absolute Gasteiger partial charge is 0.488 e. The molecule has 0 saturated carbocycles. The molecule has 3 N–H and O–H groups in total. The van der Waals surface area contributed by atoms with Gasteiger partial charge in [0.25, 0.3) is 5.91 Å². The van der Waals surface area contributed by atoms with Crippen molar-refractivity contribution in [1.82, 2.24) is 0 Å².